The lowest BCUT2D eigenvalue weighted by Crippen LogP contribution is -2.31. The molecule has 96 valence electrons. The minimum atomic E-state index is 0.328. The van der Waals surface area contributed by atoms with Crippen LogP contribution in [0.25, 0.3) is 0 Å². The quantitative estimate of drug-likeness (QED) is 0.908. The smallest absolute Gasteiger partial charge is 0.0992 e. The lowest BCUT2D eigenvalue weighted by atomic mass is 9.92. The Bertz CT molecular complexity index is 456. The molecular weight excluding hydrogens is 248 g/mol. The van der Waals surface area contributed by atoms with Crippen LogP contribution in [0, 0.1) is 11.3 Å². The van der Waals surface area contributed by atoms with E-state index in [1.807, 2.05) is 0 Å². The van der Waals surface area contributed by atoms with Gasteiger partial charge in [0.05, 0.1) is 28.4 Å². The maximum atomic E-state index is 8.90. The van der Waals surface area contributed by atoms with E-state index in [1.54, 1.807) is 25.3 Å². The first-order valence-corrected chi connectivity index (χ1v) is 6.59. The van der Waals surface area contributed by atoms with Gasteiger partial charge in [0.25, 0.3) is 0 Å². The molecule has 0 spiro atoms. The topological polar surface area (TPSA) is 45.0 Å². The molecule has 18 heavy (non-hydrogen) atoms. The molecule has 4 heteroatoms. The molecule has 2 atom stereocenters. The second kappa shape index (κ2) is 6.08. The first-order chi connectivity index (χ1) is 8.72. The maximum Gasteiger partial charge on any atom is 0.0992 e. The lowest BCUT2D eigenvalue weighted by molar-refractivity contribution is 0.0669. The number of methoxy groups -OCH3 is 1. The number of anilines is 1. The summed E-state index contributed by atoms with van der Waals surface area (Å²) in [5.41, 5.74) is 1.47. The Hall–Kier alpha value is -1.24. The van der Waals surface area contributed by atoms with Crippen LogP contribution in [0.5, 0.6) is 0 Å². The number of hydrogen-bond donors (Lipinski definition) is 1. The standard InChI is InChI=1S/C14H17ClN2O/c1-18-12-4-2-3-11(8-12)17-14-7-10(9-16)5-6-13(14)15/h5-7,11-12,17H,2-4,8H2,1H3. The Labute approximate surface area is 113 Å². The first-order valence-electron chi connectivity index (χ1n) is 6.22. The van der Waals surface area contributed by atoms with Gasteiger partial charge in [-0.15, -0.1) is 0 Å². The molecule has 1 N–H and O–H groups in total. The van der Waals surface area contributed by atoms with Gasteiger partial charge in [-0.3, -0.25) is 0 Å². The third-order valence-corrected chi connectivity index (χ3v) is 3.74. The molecule has 0 saturated heterocycles. The summed E-state index contributed by atoms with van der Waals surface area (Å²) in [6, 6.07) is 7.79. The molecule has 3 nitrogen and oxygen atoms in total. The highest BCUT2D eigenvalue weighted by molar-refractivity contribution is 6.33. The molecule has 1 aliphatic carbocycles. The van der Waals surface area contributed by atoms with E-state index in [2.05, 4.69) is 11.4 Å². The fourth-order valence-electron chi connectivity index (χ4n) is 2.42. The van der Waals surface area contributed by atoms with Crippen molar-refractivity contribution < 1.29 is 4.74 Å². The van der Waals surface area contributed by atoms with Crippen LogP contribution in [0.2, 0.25) is 5.02 Å². The second-order valence-corrected chi connectivity index (χ2v) is 5.08. The van der Waals surface area contributed by atoms with Crippen molar-refractivity contribution in [3.05, 3.63) is 28.8 Å². The second-order valence-electron chi connectivity index (χ2n) is 4.67. The molecule has 1 fully saturated rings. The molecule has 1 aromatic rings. The fraction of sp³-hybridized carbons (Fsp3) is 0.500. The van der Waals surface area contributed by atoms with Crippen molar-refractivity contribution in [1.29, 1.82) is 5.26 Å². The Morgan fingerprint density at radius 2 is 2.28 bits per heavy atom. The summed E-state index contributed by atoms with van der Waals surface area (Å²) in [5, 5.41) is 13.0. The third-order valence-electron chi connectivity index (χ3n) is 3.41. The Kier molecular flexibility index (Phi) is 4.46. The van der Waals surface area contributed by atoms with Crippen LogP contribution in [0.1, 0.15) is 31.2 Å². The van der Waals surface area contributed by atoms with E-state index in [9.17, 15) is 0 Å². The van der Waals surface area contributed by atoms with Gasteiger partial charge in [0.2, 0.25) is 0 Å². The molecule has 1 aromatic carbocycles. The summed E-state index contributed by atoms with van der Waals surface area (Å²) in [6.07, 6.45) is 4.72. The number of rotatable bonds is 3. The van der Waals surface area contributed by atoms with Gasteiger partial charge in [0.1, 0.15) is 0 Å². The molecule has 2 rings (SSSR count). The molecule has 1 aliphatic rings. The highest BCUT2D eigenvalue weighted by atomic mass is 35.5. The summed E-state index contributed by atoms with van der Waals surface area (Å²) in [4.78, 5) is 0. The van der Waals surface area contributed by atoms with E-state index < -0.39 is 0 Å². The first kappa shape index (κ1) is 13.2. The number of nitrogens with zero attached hydrogens (tertiary/aromatic N) is 1. The van der Waals surface area contributed by atoms with Crippen molar-refractivity contribution in [2.75, 3.05) is 12.4 Å². The van der Waals surface area contributed by atoms with Crippen LogP contribution < -0.4 is 5.32 Å². The largest absolute Gasteiger partial charge is 0.381 e. The van der Waals surface area contributed by atoms with Gasteiger partial charge in [0.15, 0.2) is 0 Å². The fourth-order valence-corrected chi connectivity index (χ4v) is 2.59. The van der Waals surface area contributed by atoms with Crippen molar-refractivity contribution in [3.8, 4) is 6.07 Å². The molecule has 0 amide bonds. The van der Waals surface area contributed by atoms with E-state index in [0.29, 0.717) is 22.7 Å². The molecule has 0 bridgehead atoms. The maximum absolute atomic E-state index is 8.90. The lowest BCUT2D eigenvalue weighted by Gasteiger charge is -2.29. The highest BCUT2D eigenvalue weighted by Gasteiger charge is 2.22. The average Bonchev–Trinajstić information content (AvgIpc) is 2.41. The molecule has 0 radical (unpaired) electrons. The van der Waals surface area contributed by atoms with Crippen LogP contribution in [-0.4, -0.2) is 19.3 Å². The minimum Gasteiger partial charge on any atom is -0.381 e. The molecule has 0 aromatic heterocycles. The van der Waals surface area contributed by atoms with Gasteiger partial charge in [0, 0.05) is 13.2 Å². The predicted molar refractivity (Wildman–Crippen MR) is 72.8 cm³/mol. The third kappa shape index (κ3) is 3.16. The van der Waals surface area contributed by atoms with Crippen molar-refractivity contribution in [2.24, 2.45) is 0 Å². The highest BCUT2D eigenvalue weighted by Crippen LogP contribution is 2.28. The van der Waals surface area contributed by atoms with Crippen LogP contribution >= 0.6 is 11.6 Å². The van der Waals surface area contributed by atoms with Gasteiger partial charge in [-0.2, -0.15) is 5.26 Å². The predicted octanol–water partition coefficient (Wildman–Crippen LogP) is 3.58. The SMILES string of the molecule is COC1CCCC(Nc2cc(C#N)ccc2Cl)C1. The minimum absolute atomic E-state index is 0.328. The number of benzene rings is 1. The molecule has 0 aliphatic heterocycles. The van der Waals surface area contributed by atoms with Gasteiger partial charge < -0.3 is 10.1 Å². The normalized spacial score (nSPS) is 23.4. The zero-order valence-corrected chi connectivity index (χ0v) is 11.2. The summed E-state index contributed by atoms with van der Waals surface area (Å²) in [5.74, 6) is 0. The zero-order valence-electron chi connectivity index (χ0n) is 10.4. The van der Waals surface area contributed by atoms with Crippen LogP contribution in [-0.2, 0) is 4.74 Å². The number of halogens is 1. The van der Waals surface area contributed by atoms with Gasteiger partial charge in [-0.05, 0) is 43.9 Å². The Balaban J connectivity index is 2.07. The molecular formula is C14H17ClN2O. The van der Waals surface area contributed by atoms with Crippen LogP contribution in [0.4, 0.5) is 5.69 Å². The summed E-state index contributed by atoms with van der Waals surface area (Å²) in [6.45, 7) is 0. The van der Waals surface area contributed by atoms with Crippen molar-refractivity contribution >= 4 is 17.3 Å². The van der Waals surface area contributed by atoms with E-state index in [1.165, 1.54) is 0 Å². The van der Waals surface area contributed by atoms with E-state index in [0.717, 1.165) is 31.4 Å². The van der Waals surface area contributed by atoms with Crippen LogP contribution in [0.3, 0.4) is 0 Å². The summed E-state index contributed by atoms with van der Waals surface area (Å²) >= 11 is 6.14. The number of ether oxygens (including phenoxy) is 1. The average molecular weight is 265 g/mol. The zero-order chi connectivity index (χ0) is 13.0. The molecule has 0 heterocycles. The number of hydrogen-bond acceptors (Lipinski definition) is 3. The monoisotopic (exact) mass is 264 g/mol. The number of nitrogens with one attached hydrogen (secondary N) is 1. The Morgan fingerprint density at radius 1 is 1.44 bits per heavy atom. The van der Waals surface area contributed by atoms with E-state index in [4.69, 9.17) is 21.6 Å². The summed E-state index contributed by atoms with van der Waals surface area (Å²) in [7, 11) is 1.76. The molecule has 1 saturated carbocycles. The summed E-state index contributed by atoms with van der Waals surface area (Å²) < 4.78 is 5.41. The molecule has 2 unspecified atom stereocenters. The van der Waals surface area contributed by atoms with Crippen LogP contribution in [0.15, 0.2) is 18.2 Å². The van der Waals surface area contributed by atoms with Crippen molar-refractivity contribution in [2.45, 2.75) is 37.8 Å². The van der Waals surface area contributed by atoms with E-state index in [-0.39, 0.29) is 0 Å². The van der Waals surface area contributed by atoms with E-state index >= 15 is 0 Å². The van der Waals surface area contributed by atoms with Gasteiger partial charge in [-0.25, -0.2) is 0 Å². The van der Waals surface area contributed by atoms with Gasteiger partial charge >= 0.3 is 0 Å². The van der Waals surface area contributed by atoms with Gasteiger partial charge in [-0.1, -0.05) is 11.6 Å². The van der Waals surface area contributed by atoms with Crippen molar-refractivity contribution in [3.63, 3.8) is 0 Å². The van der Waals surface area contributed by atoms with Crippen molar-refractivity contribution in [1.82, 2.24) is 0 Å². The Morgan fingerprint density at radius 3 is 3.00 bits per heavy atom. The number of nitriles is 1.